The third-order valence-electron chi connectivity index (χ3n) is 4.65. The van der Waals surface area contributed by atoms with Gasteiger partial charge in [-0.25, -0.2) is 0 Å². The van der Waals surface area contributed by atoms with Crippen molar-refractivity contribution in [3.63, 3.8) is 0 Å². The van der Waals surface area contributed by atoms with Gasteiger partial charge in [0.1, 0.15) is 0 Å². The molecule has 158 valence electrons. The quantitative estimate of drug-likeness (QED) is 0.579. The summed E-state index contributed by atoms with van der Waals surface area (Å²) in [5, 5.41) is 6.11. The lowest BCUT2D eigenvalue weighted by Gasteiger charge is -2.40. The summed E-state index contributed by atoms with van der Waals surface area (Å²) in [5.41, 5.74) is 1.39. The molecule has 2 rings (SSSR count). The van der Waals surface area contributed by atoms with Crippen LogP contribution in [0.1, 0.15) is 30.9 Å². The van der Waals surface area contributed by atoms with E-state index in [4.69, 9.17) is 0 Å². The van der Waals surface area contributed by atoms with Gasteiger partial charge in [-0.15, -0.1) is 37.2 Å². The van der Waals surface area contributed by atoms with Crippen LogP contribution in [0.4, 0.5) is 0 Å². The Labute approximate surface area is 182 Å². The van der Waals surface area contributed by atoms with E-state index in [1.165, 1.54) is 5.56 Å². The molecule has 1 aromatic carbocycles. The first-order valence-electron chi connectivity index (χ1n) is 9.09. The Balaban J connectivity index is 0. The highest BCUT2D eigenvalue weighted by Crippen LogP contribution is 2.24. The van der Waals surface area contributed by atoms with E-state index in [0.717, 1.165) is 52.1 Å². The van der Waals surface area contributed by atoms with Crippen LogP contribution in [0.2, 0.25) is 0 Å². The van der Waals surface area contributed by atoms with Crippen molar-refractivity contribution in [3.05, 3.63) is 35.9 Å². The Morgan fingerprint density at radius 1 is 1.07 bits per heavy atom. The molecule has 8 heteroatoms. The van der Waals surface area contributed by atoms with Crippen LogP contribution < -0.4 is 10.6 Å². The van der Waals surface area contributed by atoms with Gasteiger partial charge in [-0.05, 0) is 39.0 Å². The second-order valence-corrected chi connectivity index (χ2v) is 6.64. The number of carbonyl (C=O) groups is 1. The van der Waals surface area contributed by atoms with Gasteiger partial charge in [-0.1, -0.05) is 30.3 Å². The minimum Gasteiger partial charge on any atom is -0.356 e. The topological polar surface area (TPSA) is 47.6 Å². The summed E-state index contributed by atoms with van der Waals surface area (Å²) in [6.07, 6.45) is 2.52. The predicted molar refractivity (Wildman–Crippen MR) is 121 cm³/mol. The second-order valence-electron chi connectivity index (χ2n) is 6.64. The van der Waals surface area contributed by atoms with Crippen LogP contribution in [0.5, 0.6) is 0 Å². The van der Waals surface area contributed by atoms with E-state index >= 15 is 0 Å². The molecule has 1 fully saturated rings. The maximum atomic E-state index is 11.7. The fourth-order valence-corrected chi connectivity index (χ4v) is 3.24. The lowest BCUT2D eigenvalue weighted by Crippen LogP contribution is -2.47. The maximum Gasteiger partial charge on any atom is 0.220 e. The molecule has 1 amide bonds. The lowest BCUT2D eigenvalue weighted by molar-refractivity contribution is -0.121. The van der Waals surface area contributed by atoms with E-state index in [1.807, 2.05) is 7.05 Å². The molecule has 1 aliphatic heterocycles. The van der Waals surface area contributed by atoms with Gasteiger partial charge < -0.3 is 15.5 Å². The molecular formula is C19H35Cl3N4O. The summed E-state index contributed by atoms with van der Waals surface area (Å²) >= 11 is 0. The van der Waals surface area contributed by atoms with Gasteiger partial charge in [0.25, 0.3) is 0 Å². The SMILES string of the molecule is CNCCCC(=O)NCCCN1CCN(C)CC1c1ccccc1.Cl.Cl.Cl. The highest BCUT2D eigenvalue weighted by molar-refractivity contribution is 5.86. The van der Waals surface area contributed by atoms with Crippen LogP contribution in [0.15, 0.2) is 30.3 Å². The molecular weight excluding hydrogens is 407 g/mol. The largest absolute Gasteiger partial charge is 0.356 e. The number of nitrogens with one attached hydrogen (secondary N) is 2. The first-order chi connectivity index (χ1) is 11.7. The Morgan fingerprint density at radius 3 is 2.44 bits per heavy atom. The summed E-state index contributed by atoms with van der Waals surface area (Å²) in [6.45, 7) is 5.97. The van der Waals surface area contributed by atoms with Gasteiger partial charge in [0.2, 0.25) is 5.91 Å². The lowest BCUT2D eigenvalue weighted by atomic mass is 10.0. The van der Waals surface area contributed by atoms with Crippen molar-refractivity contribution < 1.29 is 4.79 Å². The molecule has 0 aliphatic carbocycles. The molecule has 0 aromatic heterocycles. The van der Waals surface area contributed by atoms with E-state index in [2.05, 4.69) is 57.8 Å². The monoisotopic (exact) mass is 440 g/mol. The molecule has 1 unspecified atom stereocenters. The van der Waals surface area contributed by atoms with E-state index in [-0.39, 0.29) is 43.1 Å². The molecule has 0 radical (unpaired) electrons. The highest BCUT2D eigenvalue weighted by atomic mass is 35.5. The number of rotatable bonds is 9. The van der Waals surface area contributed by atoms with Crippen LogP contribution in [-0.4, -0.2) is 69.1 Å². The molecule has 2 N–H and O–H groups in total. The number of halogens is 3. The molecule has 1 atom stereocenters. The average Bonchev–Trinajstić information content (AvgIpc) is 2.60. The van der Waals surface area contributed by atoms with Gasteiger partial charge in [0.05, 0.1) is 0 Å². The molecule has 1 saturated heterocycles. The number of carbonyl (C=O) groups excluding carboxylic acids is 1. The van der Waals surface area contributed by atoms with Crippen molar-refractivity contribution in [2.75, 3.05) is 53.4 Å². The summed E-state index contributed by atoms with van der Waals surface area (Å²) in [7, 11) is 4.11. The van der Waals surface area contributed by atoms with Crippen molar-refractivity contribution in [3.8, 4) is 0 Å². The molecule has 1 aromatic rings. The van der Waals surface area contributed by atoms with Crippen molar-refractivity contribution in [2.45, 2.75) is 25.3 Å². The zero-order chi connectivity index (χ0) is 17.2. The first-order valence-corrected chi connectivity index (χ1v) is 9.09. The summed E-state index contributed by atoms with van der Waals surface area (Å²) in [4.78, 5) is 16.7. The third kappa shape index (κ3) is 10.5. The fraction of sp³-hybridized carbons (Fsp3) is 0.632. The smallest absolute Gasteiger partial charge is 0.220 e. The minimum absolute atomic E-state index is 0. The highest BCUT2D eigenvalue weighted by Gasteiger charge is 2.25. The second kappa shape index (κ2) is 16.4. The molecule has 5 nitrogen and oxygen atoms in total. The minimum atomic E-state index is 0. The number of likely N-dealkylation sites (N-methyl/N-ethyl adjacent to an activating group) is 1. The zero-order valence-corrected chi connectivity index (χ0v) is 18.8. The number of nitrogens with zero attached hydrogens (tertiary/aromatic N) is 2. The molecule has 0 saturated carbocycles. The van der Waals surface area contributed by atoms with Crippen LogP contribution in [0.3, 0.4) is 0 Å². The summed E-state index contributed by atoms with van der Waals surface area (Å²) in [5.74, 6) is 0.170. The van der Waals surface area contributed by atoms with Gasteiger partial charge in [-0.3, -0.25) is 9.69 Å². The van der Waals surface area contributed by atoms with E-state index in [9.17, 15) is 4.79 Å². The normalized spacial score (nSPS) is 17.2. The van der Waals surface area contributed by atoms with Crippen LogP contribution >= 0.6 is 37.2 Å². The Morgan fingerprint density at radius 2 is 1.78 bits per heavy atom. The van der Waals surface area contributed by atoms with Crippen molar-refractivity contribution in [1.29, 1.82) is 0 Å². The number of piperazine rings is 1. The fourth-order valence-electron chi connectivity index (χ4n) is 3.24. The zero-order valence-electron chi connectivity index (χ0n) is 16.4. The van der Waals surface area contributed by atoms with Crippen molar-refractivity contribution >= 4 is 43.1 Å². The number of hydrogen-bond donors (Lipinski definition) is 2. The number of hydrogen-bond acceptors (Lipinski definition) is 4. The maximum absolute atomic E-state index is 11.7. The van der Waals surface area contributed by atoms with E-state index < -0.39 is 0 Å². The van der Waals surface area contributed by atoms with Crippen molar-refractivity contribution in [2.24, 2.45) is 0 Å². The number of benzene rings is 1. The number of amides is 1. The Bertz CT molecular complexity index is 493. The van der Waals surface area contributed by atoms with Crippen molar-refractivity contribution in [1.82, 2.24) is 20.4 Å². The van der Waals surface area contributed by atoms with Gasteiger partial charge >= 0.3 is 0 Å². The first kappa shape index (κ1) is 28.6. The molecule has 1 heterocycles. The van der Waals surface area contributed by atoms with Gasteiger partial charge in [0, 0.05) is 45.2 Å². The molecule has 0 spiro atoms. The Kier molecular flexibility index (Phi) is 17.4. The van der Waals surface area contributed by atoms with Crippen LogP contribution in [0.25, 0.3) is 0 Å². The van der Waals surface area contributed by atoms with Gasteiger partial charge in [-0.2, -0.15) is 0 Å². The Hall–Kier alpha value is -0.560. The van der Waals surface area contributed by atoms with Gasteiger partial charge in [0.15, 0.2) is 0 Å². The molecule has 27 heavy (non-hydrogen) atoms. The summed E-state index contributed by atoms with van der Waals surface area (Å²) < 4.78 is 0. The van der Waals surface area contributed by atoms with E-state index in [1.54, 1.807) is 0 Å². The van der Waals surface area contributed by atoms with Crippen LogP contribution in [-0.2, 0) is 4.79 Å². The molecule has 1 aliphatic rings. The predicted octanol–water partition coefficient (Wildman–Crippen LogP) is 2.75. The molecule has 0 bridgehead atoms. The average molecular weight is 442 g/mol. The summed E-state index contributed by atoms with van der Waals surface area (Å²) in [6, 6.07) is 11.2. The van der Waals surface area contributed by atoms with E-state index in [0.29, 0.717) is 12.5 Å². The third-order valence-corrected chi connectivity index (χ3v) is 4.65. The van der Waals surface area contributed by atoms with Crippen LogP contribution in [0, 0.1) is 0 Å². The standard InChI is InChI=1S/C19H32N4O.3ClH/c1-20-11-6-10-19(24)21-12-7-13-23-15-14-22(2)16-18(23)17-8-4-3-5-9-17;;;/h3-5,8-9,18,20H,6-7,10-16H2,1-2H3,(H,21,24);3*1H.